The minimum atomic E-state index is -0.201. The van der Waals surface area contributed by atoms with Crippen molar-refractivity contribution in [2.24, 2.45) is 0 Å². The van der Waals surface area contributed by atoms with Crippen LogP contribution in [0.3, 0.4) is 0 Å². The second kappa shape index (κ2) is 5.11. The zero-order valence-electron chi connectivity index (χ0n) is 9.02. The van der Waals surface area contributed by atoms with Gasteiger partial charge in [0.2, 0.25) is 0 Å². The predicted molar refractivity (Wildman–Crippen MR) is 70.0 cm³/mol. The van der Waals surface area contributed by atoms with Crippen LogP contribution in [0.4, 0.5) is 5.00 Å². The van der Waals surface area contributed by atoms with E-state index in [-0.39, 0.29) is 11.8 Å². The van der Waals surface area contributed by atoms with E-state index in [1.165, 1.54) is 22.7 Å². The van der Waals surface area contributed by atoms with Crippen molar-refractivity contribution in [2.75, 3.05) is 12.4 Å². The Hall–Kier alpha value is -1.66. The Bertz CT molecular complexity index is 531. The highest BCUT2D eigenvalue weighted by Gasteiger charge is 2.14. The molecule has 0 atom stereocenters. The van der Waals surface area contributed by atoms with Gasteiger partial charge in [0.25, 0.3) is 11.8 Å². The molecule has 88 valence electrons. The van der Waals surface area contributed by atoms with Gasteiger partial charge < -0.3 is 10.6 Å². The highest BCUT2D eigenvalue weighted by molar-refractivity contribution is 7.15. The lowest BCUT2D eigenvalue weighted by Crippen LogP contribution is -2.19. The Kier molecular flexibility index (Phi) is 3.55. The summed E-state index contributed by atoms with van der Waals surface area (Å²) in [4.78, 5) is 23.9. The number of amides is 2. The molecular formula is C11H10N2O2S2. The van der Waals surface area contributed by atoms with Crippen LogP contribution in [0.15, 0.2) is 29.0 Å². The molecule has 2 heterocycles. The van der Waals surface area contributed by atoms with Crippen molar-refractivity contribution >= 4 is 39.5 Å². The largest absolute Gasteiger partial charge is 0.355 e. The summed E-state index contributed by atoms with van der Waals surface area (Å²) >= 11 is 2.70. The predicted octanol–water partition coefficient (Wildman–Crippen LogP) is 2.42. The summed E-state index contributed by atoms with van der Waals surface area (Å²) in [5.74, 6) is -0.389. The maximum atomic E-state index is 11.8. The number of carbonyl (C=O) groups excluding carboxylic acids is 2. The van der Waals surface area contributed by atoms with Gasteiger partial charge in [-0.1, -0.05) is 6.07 Å². The van der Waals surface area contributed by atoms with E-state index in [9.17, 15) is 9.59 Å². The van der Waals surface area contributed by atoms with Gasteiger partial charge >= 0.3 is 0 Å². The number of anilines is 1. The normalized spacial score (nSPS) is 9.94. The highest BCUT2D eigenvalue weighted by Crippen LogP contribution is 2.24. The molecule has 0 aliphatic heterocycles. The zero-order valence-corrected chi connectivity index (χ0v) is 10.7. The first kappa shape index (κ1) is 11.8. The first-order valence-corrected chi connectivity index (χ1v) is 6.62. The van der Waals surface area contributed by atoms with E-state index in [2.05, 4.69) is 10.6 Å². The van der Waals surface area contributed by atoms with E-state index >= 15 is 0 Å². The smallest absolute Gasteiger partial charge is 0.266 e. The van der Waals surface area contributed by atoms with Crippen LogP contribution < -0.4 is 10.6 Å². The molecule has 4 nitrogen and oxygen atoms in total. The third-order valence-corrected chi connectivity index (χ3v) is 3.81. The molecule has 2 amide bonds. The van der Waals surface area contributed by atoms with Gasteiger partial charge in [-0.05, 0) is 22.9 Å². The molecule has 0 fully saturated rings. The molecule has 0 bridgehead atoms. The van der Waals surface area contributed by atoms with Crippen molar-refractivity contribution in [3.05, 3.63) is 39.4 Å². The molecule has 2 N–H and O–H groups in total. The van der Waals surface area contributed by atoms with E-state index in [1.807, 2.05) is 11.4 Å². The summed E-state index contributed by atoms with van der Waals surface area (Å²) in [7, 11) is 1.56. The number of hydrogen-bond acceptors (Lipinski definition) is 4. The SMILES string of the molecule is CNC(=O)c1ccsc1NC(=O)c1cccs1. The number of nitrogens with one attached hydrogen (secondary N) is 2. The van der Waals surface area contributed by atoms with E-state index in [1.54, 1.807) is 24.6 Å². The number of thiophene rings is 2. The zero-order chi connectivity index (χ0) is 12.3. The Labute approximate surface area is 106 Å². The van der Waals surface area contributed by atoms with Crippen LogP contribution in [0.5, 0.6) is 0 Å². The van der Waals surface area contributed by atoms with Crippen molar-refractivity contribution in [3.63, 3.8) is 0 Å². The van der Waals surface area contributed by atoms with Crippen LogP contribution >= 0.6 is 22.7 Å². The maximum Gasteiger partial charge on any atom is 0.266 e. The summed E-state index contributed by atoms with van der Waals surface area (Å²) in [5, 5.41) is 9.45. The van der Waals surface area contributed by atoms with E-state index in [0.29, 0.717) is 15.4 Å². The molecule has 0 aromatic carbocycles. The van der Waals surface area contributed by atoms with Gasteiger partial charge in [0.1, 0.15) is 5.00 Å². The Morgan fingerprint density at radius 1 is 1.12 bits per heavy atom. The Morgan fingerprint density at radius 2 is 1.94 bits per heavy atom. The molecule has 0 saturated carbocycles. The topological polar surface area (TPSA) is 58.2 Å². The summed E-state index contributed by atoms with van der Waals surface area (Å²) in [6.07, 6.45) is 0. The van der Waals surface area contributed by atoms with Gasteiger partial charge in [-0.2, -0.15) is 0 Å². The van der Waals surface area contributed by atoms with Crippen molar-refractivity contribution < 1.29 is 9.59 Å². The van der Waals surface area contributed by atoms with Crippen LogP contribution in [0.25, 0.3) is 0 Å². The van der Waals surface area contributed by atoms with Crippen LogP contribution in [0, 0.1) is 0 Å². The molecule has 0 aliphatic rings. The van der Waals surface area contributed by atoms with Crippen molar-refractivity contribution in [2.45, 2.75) is 0 Å². The summed E-state index contributed by atoms with van der Waals surface area (Å²) in [5.41, 5.74) is 0.488. The Morgan fingerprint density at radius 3 is 2.59 bits per heavy atom. The van der Waals surface area contributed by atoms with E-state index < -0.39 is 0 Å². The average molecular weight is 266 g/mol. The summed E-state index contributed by atoms with van der Waals surface area (Å²) < 4.78 is 0. The van der Waals surface area contributed by atoms with Gasteiger partial charge in [0.15, 0.2) is 0 Å². The van der Waals surface area contributed by atoms with E-state index in [0.717, 1.165) is 0 Å². The molecule has 0 aliphatic carbocycles. The molecular weight excluding hydrogens is 256 g/mol. The molecule has 17 heavy (non-hydrogen) atoms. The molecule has 2 aromatic rings. The molecule has 6 heteroatoms. The first-order chi connectivity index (χ1) is 8.22. The van der Waals surface area contributed by atoms with E-state index in [4.69, 9.17) is 0 Å². The highest BCUT2D eigenvalue weighted by atomic mass is 32.1. The third kappa shape index (κ3) is 2.54. The lowest BCUT2D eigenvalue weighted by molar-refractivity contribution is 0.0964. The van der Waals surface area contributed by atoms with Gasteiger partial charge in [-0.3, -0.25) is 9.59 Å². The van der Waals surface area contributed by atoms with Gasteiger partial charge in [-0.25, -0.2) is 0 Å². The van der Waals surface area contributed by atoms with Gasteiger partial charge in [0, 0.05) is 7.05 Å². The molecule has 0 unspecified atom stereocenters. The first-order valence-electron chi connectivity index (χ1n) is 4.87. The second-order valence-corrected chi connectivity index (χ2v) is 5.04. The van der Waals surface area contributed by atoms with Gasteiger partial charge in [-0.15, -0.1) is 22.7 Å². The lowest BCUT2D eigenvalue weighted by atomic mass is 10.3. The minimum absolute atomic E-state index is 0.187. The fourth-order valence-corrected chi connectivity index (χ4v) is 2.69. The van der Waals surface area contributed by atoms with Crippen LogP contribution in [-0.4, -0.2) is 18.9 Å². The average Bonchev–Trinajstić information content (AvgIpc) is 2.98. The second-order valence-electron chi connectivity index (χ2n) is 3.17. The Balaban J connectivity index is 2.17. The molecule has 0 saturated heterocycles. The molecule has 0 radical (unpaired) electrons. The molecule has 2 aromatic heterocycles. The van der Waals surface area contributed by atoms with Crippen LogP contribution in [0.1, 0.15) is 20.0 Å². The molecule has 0 spiro atoms. The molecule has 2 rings (SSSR count). The van der Waals surface area contributed by atoms with Crippen LogP contribution in [0.2, 0.25) is 0 Å². The quantitative estimate of drug-likeness (QED) is 0.896. The summed E-state index contributed by atoms with van der Waals surface area (Å²) in [6.45, 7) is 0. The van der Waals surface area contributed by atoms with Crippen LogP contribution in [-0.2, 0) is 0 Å². The van der Waals surface area contributed by atoms with Crippen molar-refractivity contribution in [1.82, 2.24) is 5.32 Å². The number of hydrogen-bond donors (Lipinski definition) is 2. The standard InChI is InChI=1S/C11H10N2O2S2/c1-12-9(14)7-4-6-17-11(7)13-10(15)8-3-2-5-16-8/h2-6H,1H3,(H,12,14)(H,13,15). The maximum absolute atomic E-state index is 11.8. The monoisotopic (exact) mass is 266 g/mol. The third-order valence-electron chi connectivity index (χ3n) is 2.11. The van der Waals surface area contributed by atoms with Crippen molar-refractivity contribution in [1.29, 1.82) is 0 Å². The van der Waals surface area contributed by atoms with Crippen molar-refractivity contribution in [3.8, 4) is 0 Å². The minimum Gasteiger partial charge on any atom is -0.355 e. The lowest BCUT2D eigenvalue weighted by Gasteiger charge is -2.03. The van der Waals surface area contributed by atoms with Gasteiger partial charge in [0.05, 0.1) is 10.4 Å². The fraction of sp³-hybridized carbons (Fsp3) is 0.0909. The number of rotatable bonds is 3. The summed E-state index contributed by atoms with van der Waals surface area (Å²) in [6, 6.07) is 5.24. The fourth-order valence-electron chi connectivity index (χ4n) is 1.29. The number of carbonyl (C=O) groups is 2.